The number of amides is 3. The molecule has 0 radical (unpaired) electrons. The average Bonchev–Trinajstić information content (AvgIpc) is 3.06. The van der Waals surface area contributed by atoms with Crippen molar-refractivity contribution < 1.29 is 22.8 Å². The van der Waals surface area contributed by atoms with E-state index < -0.39 is 28.5 Å². The minimum Gasteiger partial charge on any atom is -0.371 e. The molecule has 3 aromatic rings. The predicted octanol–water partition coefficient (Wildman–Crippen LogP) is 2.04. The molecule has 2 saturated heterocycles. The molecule has 11 nitrogen and oxygen atoms in total. The van der Waals surface area contributed by atoms with Gasteiger partial charge in [0.2, 0.25) is 27.7 Å². The van der Waals surface area contributed by atoms with Crippen molar-refractivity contribution >= 4 is 44.2 Å². The van der Waals surface area contributed by atoms with Crippen molar-refractivity contribution in [3.8, 4) is 0 Å². The molecule has 12 heteroatoms. The number of pyridine rings is 1. The summed E-state index contributed by atoms with van der Waals surface area (Å²) in [4.78, 5) is 47.4. The zero-order chi connectivity index (χ0) is 30.2. The number of hydrogen-bond donors (Lipinski definition) is 3. The fraction of sp³-hybridized carbons (Fsp3) is 0.419. The predicted molar refractivity (Wildman–Crippen MR) is 164 cm³/mol. The highest BCUT2D eigenvalue weighted by atomic mass is 32.2. The summed E-state index contributed by atoms with van der Waals surface area (Å²) in [6.07, 6.45) is 7.61. The number of hydrogen-bond acceptors (Lipinski definition) is 7. The van der Waals surface area contributed by atoms with E-state index in [0.717, 1.165) is 48.8 Å². The zero-order valence-electron chi connectivity index (χ0n) is 24.1. The number of nitrogens with one attached hydrogen (secondary N) is 3. The van der Waals surface area contributed by atoms with Gasteiger partial charge in [0.15, 0.2) is 0 Å². The molecular weight excluding hydrogens is 568 g/mol. The van der Waals surface area contributed by atoms with Crippen LogP contribution in [0.4, 0.5) is 5.69 Å². The summed E-state index contributed by atoms with van der Waals surface area (Å²) < 4.78 is 28.2. The van der Waals surface area contributed by atoms with E-state index in [2.05, 4.69) is 25.2 Å². The van der Waals surface area contributed by atoms with Crippen LogP contribution < -0.4 is 20.3 Å². The number of carbonyl (C=O) groups excluding carboxylic acids is 3. The van der Waals surface area contributed by atoms with Crippen LogP contribution in [0.25, 0.3) is 10.8 Å². The summed E-state index contributed by atoms with van der Waals surface area (Å²) >= 11 is 0. The Bertz CT molecular complexity index is 1540. The first-order valence-electron chi connectivity index (χ1n) is 14.8. The van der Waals surface area contributed by atoms with Gasteiger partial charge in [0, 0.05) is 56.7 Å². The smallest absolute Gasteiger partial charge is 0.246 e. The van der Waals surface area contributed by atoms with Crippen molar-refractivity contribution in [1.82, 2.24) is 25.2 Å². The fourth-order valence-electron chi connectivity index (χ4n) is 5.66. The molecule has 1 unspecified atom stereocenters. The van der Waals surface area contributed by atoms with E-state index >= 15 is 0 Å². The van der Waals surface area contributed by atoms with Gasteiger partial charge in [-0.2, -0.15) is 0 Å². The van der Waals surface area contributed by atoms with E-state index in [1.54, 1.807) is 29.4 Å². The number of benzene rings is 2. The van der Waals surface area contributed by atoms with Crippen LogP contribution in [0.1, 0.15) is 32.1 Å². The second-order valence-corrected chi connectivity index (χ2v) is 12.8. The highest BCUT2D eigenvalue weighted by Gasteiger charge is 2.30. The highest BCUT2D eigenvalue weighted by Crippen LogP contribution is 2.23. The van der Waals surface area contributed by atoms with Crippen molar-refractivity contribution in [1.29, 1.82) is 0 Å². The maximum absolute atomic E-state index is 13.4. The molecule has 0 saturated carbocycles. The lowest BCUT2D eigenvalue weighted by Gasteiger charge is -2.33. The lowest BCUT2D eigenvalue weighted by Crippen LogP contribution is -2.56. The Hall–Kier alpha value is -4.03. The van der Waals surface area contributed by atoms with E-state index in [-0.39, 0.29) is 29.2 Å². The van der Waals surface area contributed by atoms with Crippen LogP contribution in [0.15, 0.2) is 71.9 Å². The Morgan fingerprint density at radius 2 is 1.58 bits per heavy atom. The summed E-state index contributed by atoms with van der Waals surface area (Å²) in [5.41, 5.74) is 1.07. The van der Waals surface area contributed by atoms with Crippen LogP contribution in [0, 0.1) is 5.92 Å². The number of piperidine rings is 2. The maximum atomic E-state index is 13.4. The first-order valence-corrected chi connectivity index (χ1v) is 16.3. The fourth-order valence-corrected chi connectivity index (χ4v) is 6.68. The van der Waals surface area contributed by atoms with E-state index in [9.17, 15) is 22.8 Å². The molecule has 2 aliphatic rings. The van der Waals surface area contributed by atoms with Crippen LogP contribution in [0.3, 0.4) is 0 Å². The molecule has 2 aromatic carbocycles. The van der Waals surface area contributed by atoms with Crippen molar-refractivity contribution in [2.45, 2.75) is 43.0 Å². The van der Waals surface area contributed by atoms with Gasteiger partial charge in [-0.05, 0) is 67.1 Å². The molecule has 1 aromatic heterocycles. The summed E-state index contributed by atoms with van der Waals surface area (Å²) in [6, 6.07) is 15.0. The molecule has 3 N–H and O–H groups in total. The second-order valence-electron chi connectivity index (χ2n) is 11.1. The number of nitrogens with zero attached hydrogens (tertiary/aromatic N) is 3. The number of fused-ring (bicyclic) bond motifs is 1. The number of aromatic nitrogens is 1. The third-order valence-corrected chi connectivity index (χ3v) is 9.53. The van der Waals surface area contributed by atoms with Crippen molar-refractivity contribution in [3.05, 3.63) is 67.0 Å². The summed E-state index contributed by atoms with van der Waals surface area (Å²) in [7, 11) is -3.97. The van der Waals surface area contributed by atoms with Crippen molar-refractivity contribution in [2.24, 2.45) is 5.92 Å². The number of likely N-dealkylation sites (tertiary alicyclic amines) is 1. The first-order chi connectivity index (χ1) is 20.8. The normalized spacial score (nSPS) is 16.9. The second kappa shape index (κ2) is 14.0. The molecule has 0 spiro atoms. The molecule has 1 atom stereocenters. The maximum Gasteiger partial charge on any atom is 0.246 e. The van der Waals surface area contributed by atoms with Crippen LogP contribution in [-0.2, 0) is 24.4 Å². The van der Waals surface area contributed by atoms with Gasteiger partial charge in [-0.1, -0.05) is 30.3 Å². The standard InChI is InChI=1S/C31H38N6O5S/c38-29(22-34-43(41,42)27-9-8-23-6-2-3-7-25(23)20-27)35-28(31(40)37-16-4-1-5-17-37)21-33-30(39)24-12-18-36(19-13-24)26-10-14-32-15-11-26/h2-3,6-11,14-15,20,24,28,34H,1,4-5,12-13,16-19,21-22H2,(H,33,39)(H,35,38). The summed E-state index contributed by atoms with van der Waals surface area (Å²) in [5, 5.41) is 7.22. The molecule has 228 valence electrons. The highest BCUT2D eigenvalue weighted by molar-refractivity contribution is 7.89. The Balaban J connectivity index is 1.17. The number of carbonyl (C=O) groups is 3. The van der Waals surface area contributed by atoms with Gasteiger partial charge >= 0.3 is 0 Å². The lowest BCUT2D eigenvalue weighted by molar-refractivity contribution is -0.137. The SMILES string of the molecule is O=C(CNS(=O)(=O)c1ccc2ccccc2c1)NC(CNC(=O)C1CCN(c2ccncc2)CC1)C(=O)N1CCCCC1. The molecular formula is C31H38N6O5S. The van der Waals surface area contributed by atoms with Gasteiger partial charge in [-0.15, -0.1) is 0 Å². The molecule has 3 heterocycles. The monoisotopic (exact) mass is 606 g/mol. The minimum absolute atomic E-state index is 0.0437. The third kappa shape index (κ3) is 7.88. The first kappa shape index (κ1) is 30.4. The van der Waals surface area contributed by atoms with Crippen molar-refractivity contribution in [2.75, 3.05) is 44.2 Å². The van der Waals surface area contributed by atoms with Crippen LogP contribution in [0.5, 0.6) is 0 Å². The number of sulfonamides is 1. The van der Waals surface area contributed by atoms with Gasteiger partial charge in [0.05, 0.1) is 11.4 Å². The molecule has 43 heavy (non-hydrogen) atoms. The van der Waals surface area contributed by atoms with Gasteiger partial charge in [-0.25, -0.2) is 13.1 Å². The number of rotatable bonds is 10. The Morgan fingerprint density at radius 3 is 2.30 bits per heavy atom. The van der Waals surface area contributed by atoms with Gasteiger partial charge in [0.25, 0.3) is 0 Å². The topological polar surface area (TPSA) is 141 Å². The van der Waals surface area contributed by atoms with Gasteiger partial charge in [0.1, 0.15) is 6.04 Å². The largest absolute Gasteiger partial charge is 0.371 e. The Kier molecular flexibility index (Phi) is 9.88. The Labute approximate surface area is 252 Å². The van der Waals surface area contributed by atoms with Crippen LogP contribution in [0.2, 0.25) is 0 Å². The lowest BCUT2D eigenvalue weighted by atomic mass is 9.95. The molecule has 2 aliphatic heterocycles. The summed E-state index contributed by atoms with van der Waals surface area (Å²) in [5.74, 6) is -1.29. The molecule has 0 aliphatic carbocycles. The van der Waals surface area contributed by atoms with Crippen LogP contribution in [-0.4, -0.2) is 81.3 Å². The van der Waals surface area contributed by atoms with Gasteiger partial charge < -0.3 is 20.4 Å². The number of anilines is 1. The molecule has 0 bridgehead atoms. The molecule has 2 fully saturated rings. The zero-order valence-corrected chi connectivity index (χ0v) is 24.9. The van der Waals surface area contributed by atoms with Crippen molar-refractivity contribution in [3.63, 3.8) is 0 Å². The average molecular weight is 607 g/mol. The third-order valence-electron chi connectivity index (χ3n) is 8.13. The Morgan fingerprint density at radius 1 is 0.884 bits per heavy atom. The quantitative estimate of drug-likeness (QED) is 0.321. The molecule has 5 rings (SSSR count). The summed E-state index contributed by atoms with van der Waals surface area (Å²) in [6.45, 7) is 2.02. The van der Waals surface area contributed by atoms with E-state index in [1.807, 2.05) is 36.4 Å². The van der Waals surface area contributed by atoms with Gasteiger partial charge in [-0.3, -0.25) is 19.4 Å². The van der Waals surface area contributed by atoms with E-state index in [4.69, 9.17) is 0 Å². The minimum atomic E-state index is -3.97. The van der Waals surface area contributed by atoms with E-state index in [0.29, 0.717) is 25.9 Å². The molecule has 3 amide bonds. The van der Waals surface area contributed by atoms with Crippen LogP contribution >= 0.6 is 0 Å². The van der Waals surface area contributed by atoms with E-state index in [1.165, 1.54) is 6.07 Å².